The van der Waals surface area contributed by atoms with Crippen LogP contribution < -0.4 is 9.62 Å². The van der Waals surface area contributed by atoms with E-state index in [9.17, 15) is 13.4 Å². The molecular weight excluding hydrogens is 463 g/mol. The van der Waals surface area contributed by atoms with Gasteiger partial charge < -0.3 is 5.32 Å². The fraction of sp³-hybridized carbons (Fsp3) is 0.222. The molecule has 0 aliphatic carbocycles. The highest BCUT2D eigenvalue weighted by molar-refractivity contribution is 7.86. The normalized spacial score (nSPS) is 14.9. The average molecular weight is 491 g/mol. The van der Waals surface area contributed by atoms with Crippen molar-refractivity contribution in [1.29, 1.82) is 0 Å². The Kier molecular flexibility index (Phi) is 7.82. The van der Waals surface area contributed by atoms with E-state index >= 15 is 0 Å². The first-order valence-electron chi connectivity index (χ1n) is 11.6. The fourth-order valence-corrected chi connectivity index (χ4v) is 4.96. The number of benzene rings is 3. The molecule has 6 nitrogen and oxygen atoms in total. The van der Waals surface area contributed by atoms with E-state index in [1.54, 1.807) is 34.8 Å². The number of rotatable bonds is 4. The molecule has 8 heteroatoms. The van der Waals surface area contributed by atoms with Gasteiger partial charge in [-0.1, -0.05) is 50.6 Å². The van der Waals surface area contributed by atoms with Gasteiger partial charge in [-0.15, -0.1) is 0 Å². The number of halogens is 1. The monoisotopic (exact) mass is 490 g/mol. The molecule has 1 fully saturated rings. The molecule has 0 radical (unpaired) electrons. The highest BCUT2D eigenvalue weighted by Crippen LogP contribution is 2.25. The minimum absolute atomic E-state index is 0.0777. The van der Waals surface area contributed by atoms with E-state index in [1.807, 2.05) is 30.3 Å². The second-order valence-corrected chi connectivity index (χ2v) is 9.63. The van der Waals surface area contributed by atoms with E-state index in [2.05, 4.69) is 29.1 Å². The van der Waals surface area contributed by atoms with Gasteiger partial charge in [0.05, 0.1) is 16.8 Å². The Bertz CT molecular complexity index is 1380. The maximum absolute atomic E-state index is 14.7. The number of hydrogen-bond acceptors (Lipinski definition) is 4. The van der Waals surface area contributed by atoms with Crippen LogP contribution in [0, 0.1) is 5.82 Å². The number of nitrogens with one attached hydrogen (secondary N) is 1. The number of fused-ring (bicyclic) bond motifs is 1. The lowest BCUT2D eigenvalue weighted by atomic mass is 10.1. The maximum atomic E-state index is 14.7. The van der Waals surface area contributed by atoms with Crippen molar-refractivity contribution in [3.63, 3.8) is 0 Å². The first-order chi connectivity index (χ1) is 17.0. The molecule has 4 aromatic rings. The predicted molar refractivity (Wildman–Crippen MR) is 140 cm³/mol. The van der Waals surface area contributed by atoms with Gasteiger partial charge in [0.1, 0.15) is 16.8 Å². The molecule has 1 aliphatic rings. The Morgan fingerprint density at radius 1 is 1.09 bits per heavy atom. The summed E-state index contributed by atoms with van der Waals surface area (Å²) < 4.78 is 28.3. The summed E-state index contributed by atoms with van der Waals surface area (Å²) in [6.07, 6.45) is 3.81. The molecule has 1 unspecified atom stereocenters. The predicted octanol–water partition coefficient (Wildman–Crippen LogP) is 5.98. The third-order valence-electron chi connectivity index (χ3n) is 5.28. The van der Waals surface area contributed by atoms with Crippen LogP contribution in [-0.2, 0) is 11.0 Å². The van der Waals surface area contributed by atoms with Crippen LogP contribution in [0.3, 0.4) is 0 Å². The molecule has 180 valence electrons. The zero-order chi connectivity index (χ0) is 24.8. The first kappa shape index (κ1) is 24.5. The first-order valence-corrected chi connectivity index (χ1v) is 12.9. The summed E-state index contributed by atoms with van der Waals surface area (Å²) in [6, 6.07) is 19.1. The van der Waals surface area contributed by atoms with Crippen molar-refractivity contribution < 1.29 is 13.4 Å². The molecule has 0 bridgehead atoms. The Labute approximate surface area is 206 Å². The highest BCUT2D eigenvalue weighted by atomic mass is 32.2. The number of anilines is 2. The average Bonchev–Trinajstić information content (AvgIpc) is 3.30. The summed E-state index contributed by atoms with van der Waals surface area (Å²) in [5.41, 5.74) is 2.51. The van der Waals surface area contributed by atoms with E-state index in [0.29, 0.717) is 29.5 Å². The van der Waals surface area contributed by atoms with Crippen LogP contribution in [0.15, 0.2) is 72.9 Å². The molecule has 1 aromatic heterocycles. The third kappa shape index (κ3) is 5.71. The van der Waals surface area contributed by atoms with Gasteiger partial charge in [0, 0.05) is 35.1 Å². The molecule has 1 aliphatic heterocycles. The van der Waals surface area contributed by atoms with Gasteiger partial charge in [-0.25, -0.2) is 18.6 Å². The van der Waals surface area contributed by atoms with Crippen LogP contribution >= 0.6 is 0 Å². The second kappa shape index (κ2) is 11.2. The standard InChI is InChI=1S/C24H19FN4O2S.C3H8/c25-21-14-19(29-11-4-12-32(29)31)9-10-20(21)24(30)27-18-7-3-6-16(13-18)23-26-15-17-5-1-2-8-22(17)28-23;1-3-2/h1-3,5-10,13-15H,4,11-12H2,(H,27,30);3H2,1-2H3. The minimum Gasteiger partial charge on any atom is -0.322 e. The molecule has 0 spiro atoms. The summed E-state index contributed by atoms with van der Waals surface area (Å²) in [5, 5.41) is 3.68. The Morgan fingerprint density at radius 3 is 2.63 bits per heavy atom. The van der Waals surface area contributed by atoms with Crippen molar-refractivity contribution in [3.8, 4) is 11.4 Å². The zero-order valence-corrected chi connectivity index (χ0v) is 20.5. The Morgan fingerprint density at radius 2 is 1.89 bits per heavy atom. The van der Waals surface area contributed by atoms with Gasteiger partial charge >= 0.3 is 0 Å². The largest absolute Gasteiger partial charge is 0.322 e. The second-order valence-electron chi connectivity index (χ2n) is 8.14. The van der Waals surface area contributed by atoms with Crippen molar-refractivity contribution in [2.24, 2.45) is 0 Å². The lowest BCUT2D eigenvalue weighted by molar-refractivity contribution is 0.102. The van der Waals surface area contributed by atoms with Crippen molar-refractivity contribution in [2.45, 2.75) is 26.7 Å². The molecule has 1 N–H and O–H groups in total. The number of aromatic nitrogens is 2. The quantitative estimate of drug-likeness (QED) is 0.382. The van der Waals surface area contributed by atoms with Crippen LogP contribution in [0.2, 0.25) is 0 Å². The molecule has 1 atom stereocenters. The maximum Gasteiger partial charge on any atom is 0.258 e. The summed E-state index contributed by atoms with van der Waals surface area (Å²) in [5.74, 6) is -0.110. The molecular formula is C27H27FN4O2S. The lowest BCUT2D eigenvalue weighted by Crippen LogP contribution is -2.20. The number of hydrogen-bond donors (Lipinski definition) is 1. The van der Waals surface area contributed by atoms with Crippen LogP contribution in [0.25, 0.3) is 22.3 Å². The van der Waals surface area contributed by atoms with Crippen molar-refractivity contribution >= 4 is 39.2 Å². The van der Waals surface area contributed by atoms with Gasteiger partial charge in [0.2, 0.25) is 0 Å². The van der Waals surface area contributed by atoms with Gasteiger partial charge in [-0.05, 0) is 42.8 Å². The minimum atomic E-state index is -1.14. The molecule has 3 aromatic carbocycles. The third-order valence-corrected chi connectivity index (χ3v) is 6.80. The summed E-state index contributed by atoms with van der Waals surface area (Å²) in [4.78, 5) is 21.7. The molecule has 2 heterocycles. The number of para-hydroxylation sites is 1. The van der Waals surface area contributed by atoms with Crippen LogP contribution in [-0.4, -0.2) is 32.4 Å². The van der Waals surface area contributed by atoms with Gasteiger partial charge in [-0.3, -0.25) is 9.10 Å². The lowest BCUT2D eigenvalue weighted by Gasteiger charge is -2.16. The van der Waals surface area contributed by atoms with Gasteiger partial charge in [0.25, 0.3) is 5.91 Å². The van der Waals surface area contributed by atoms with E-state index in [0.717, 1.165) is 22.9 Å². The van der Waals surface area contributed by atoms with Crippen molar-refractivity contribution in [1.82, 2.24) is 9.97 Å². The SMILES string of the molecule is CCC.O=C(Nc1cccc(-c2ncc3ccccc3n2)c1)c1ccc(N2CCCS2=O)cc1F. The van der Waals surface area contributed by atoms with Gasteiger partial charge in [0.15, 0.2) is 5.82 Å². The molecule has 1 amide bonds. The van der Waals surface area contributed by atoms with E-state index < -0.39 is 22.7 Å². The summed E-state index contributed by atoms with van der Waals surface area (Å²) >= 11 is 0. The summed E-state index contributed by atoms with van der Waals surface area (Å²) in [7, 11) is -1.14. The highest BCUT2D eigenvalue weighted by Gasteiger charge is 2.22. The van der Waals surface area contributed by atoms with E-state index in [1.165, 1.54) is 18.6 Å². The van der Waals surface area contributed by atoms with Crippen molar-refractivity contribution in [3.05, 3.63) is 84.3 Å². The molecule has 35 heavy (non-hydrogen) atoms. The molecule has 1 saturated heterocycles. The van der Waals surface area contributed by atoms with E-state index in [4.69, 9.17) is 0 Å². The molecule has 0 saturated carbocycles. The van der Waals surface area contributed by atoms with Crippen molar-refractivity contribution in [2.75, 3.05) is 21.9 Å². The van der Waals surface area contributed by atoms with Crippen LogP contribution in [0.4, 0.5) is 15.8 Å². The molecule has 5 rings (SSSR count). The van der Waals surface area contributed by atoms with Crippen LogP contribution in [0.5, 0.6) is 0 Å². The smallest absolute Gasteiger partial charge is 0.258 e. The summed E-state index contributed by atoms with van der Waals surface area (Å²) in [6.45, 7) is 4.86. The number of amides is 1. The Balaban J connectivity index is 0.000000917. The number of carbonyl (C=O) groups excluding carboxylic acids is 1. The van der Waals surface area contributed by atoms with Gasteiger partial charge in [-0.2, -0.15) is 0 Å². The topological polar surface area (TPSA) is 75.2 Å². The number of nitrogens with zero attached hydrogens (tertiary/aromatic N) is 3. The van der Waals surface area contributed by atoms with Crippen LogP contribution in [0.1, 0.15) is 37.0 Å². The number of carbonyl (C=O) groups is 1. The zero-order valence-electron chi connectivity index (χ0n) is 19.7. The Hall–Kier alpha value is -3.65. The van der Waals surface area contributed by atoms with E-state index in [-0.39, 0.29) is 5.56 Å². The fourth-order valence-electron chi connectivity index (χ4n) is 3.68.